The average Bonchev–Trinajstić information content (AvgIpc) is 2.93. The molecule has 0 atom stereocenters. The molecule has 0 bridgehead atoms. The molecule has 236 valence electrons. The molecule has 8 nitrogen and oxygen atoms in total. The molecule has 0 unspecified atom stereocenters. The summed E-state index contributed by atoms with van der Waals surface area (Å²) < 4.78 is 1.74. The Morgan fingerprint density at radius 1 is 0.705 bits per heavy atom. The zero-order valence-corrected chi connectivity index (χ0v) is 29.8. The van der Waals surface area contributed by atoms with Crippen LogP contribution in [0.15, 0.2) is 83.3 Å². The van der Waals surface area contributed by atoms with Crippen LogP contribution < -0.4 is 22.9 Å². The molecule has 0 aliphatic rings. The summed E-state index contributed by atoms with van der Waals surface area (Å²) in [6.07, 6.45) is 12.3. The van der Waals surface area contributed by atoms with Crippen molar-refractivity contribution in [3.05, 3.63) is 106 Å². The summed E-state index contributed by atoms with van der Waals surface area (Å²) in [5, 5.41) is 0. The summed E-state index contributed by atoms with van der Waals surface area (Å²) in [5.41, 5.74) is 26.9. The lowest BCUT2D eigenvalue weighted by atomic mass is 9.85. The number of rotatable bonds is 4. The van der Waals surface area contributed by atoms with E-state index in [4.69, 9.17) is 22.9 Å². The second kappa shape index (κ2) is 18.1. The zero-order chi connectivity index (χ0) is 33.5. The van der Waals surface area contributed by atoms with E-state index in [1.54, 1.807) is 36.8 Å². The lowest BCUT2D eigenvalue weighted by Crippen LogP contribution is -2.14. The molecule has 8 N–H and O–H groups in total. The number of anilines is 4. The van der Waals surface area contributed by atoms with E-state index in [1.807, 2.05) is 30.5 Å². The minimum Gasteiger partial charge on any atom is -0.384 e. The largest absolute Gasteiger partial charge is 0.384 e. The second-order valence-electron chi connectivity index (χ2n) is 12.3. The van der Waals surface area contributed by atoms with E-state index in [2.05, 4.69) is 113 Å². The molecular weight excluding hydrogens is 680 g/mol. The third-order valence-electron chi connectivity index (χ3n) is 5.46. The summed E-state index contributed by atoms with van der Waals surface area (Å²) >= 11 is 6.48. The van der Waals surface area contributed by atoms with Crippen LogP contribution >= 0.6 is 31.9 Å². The van der Waals surface area contributed by atoms with Crippen molar-refractivity contribution in [3.63, 3.8) is 0 Å². The number of aromatic nitrogens is 4. The number of hydrogen-bond acceptors (Lipinski definition) is 8. The van der Waals surface area contributed by atoms with Crippen LogP contribution in [0, 0.1) is 10.8 Å². The molecule has 0 aliphatic heterocycles. The van der Waals surface area contributed by atoms with Gasteiger partial charge in [-0.05, 0) is 96.5 Å². The van der Waals surface area contributed by atoms with Crippen LogP contribution in [-0.2, 0) is 12.8 Å². The van der Waals surface area contributed by atoms with E-state index >= 15 is 0 Å². The molecule has 0 aromatic carbocycles. The SMILES string of the molecule is C=Cc1cnc(N)c(C=C)c1.CC(C)(C)Cc1cnc(N)c(CC(C)(C)C)c1.Nc1ccccn1.Nc1ncc(Br)cc1Br. The molecule has 0 radical (unpaired) electrons. The number of pyridine rings is 4. The minimum absolute atomic E-state index is 0.246. The summed E-state index contributed by atoms with van der Waals surface area (Å²) in [6.45, 7) is 20.6. The number of hydrogen-bond donors (Lipinski definition) is 4. The Labute approximate surface area is 279 Å². The molecule has 0 saturated heterocycles. The Bertz CT molecular complexity index is 1480. The van der Waals surface area contributed by atoms with E-state index < -0.39 is 0 Å². The first kappa shape index (κ1) is 38.3. The molecule has 0 saturated carbocycles. The van der Waals surface area contributed by atoms with Crippen LogP contribution in [0.3, 0.4) is 0 Å². The maximum absolute atomic E-state index is 5.95. The third kappa shape index (κ3) is 16.2. The van der Waals surface area contributed by atoms with Crippen molar-refractivity contribution in [1.82, 2.24) is 19.9 Å². The van der Waals surface area contributed by atoms with Crippen LogP contribution in [0.2, 0.25) is 0 Å². The lowest BCUT2D eigenvalue weighted by molar-refractivity contribution is 0.405. The quantitative estimate of drug-likeness (QED) is 0.163. The van der Waals surface area contributed by atoms with Gasteiger partial charge >= 0.3 is 0 Å². The zero-order valence-electron chi connectivity index (χ0n) is 26.6. The smallest absolute Gasteiger partial charge is 0.137 e. The van der Waals surface area contributed by atoms with Crippen LogP contribution in [0.1, 0.15) is 63.8 Å². The van der Waals surface area contributed by atoms with Gasteiger partial charge in [0.2, 0.25) is 0 Å². The second-order valence-corrected chi connectivity index (χ2v) is 14.1. The number of nitrogens with two attached hydrogens (primary N) is 4. The normalized spacial score (nSPS) is 10.5. The summed E-state index contributed by atoms with van der Waals surface area (Å²) in [6, 6.07) is 11.4. The van der Waals surface area contributed by atoms with E-state index in [-0.39, 0.29) is 10.8 Å². The van der Waals surface area contributed by atoms with Crippen molar-refractivity contribution in [2.75, 3.05) is 22.9 Å². The predicted octanol–water partition coefficient (Wildman–Crippen LogP) is 8.64. The maximum atomic E-state index is 5.95. The van der Waals surface area contributed by atoms with Gasteiger partial charge in [-0.15, -0.1) is 0 Å². The fourth-order valence-corrected chi connectivity index (χ4v) is 4.57. The molecule has 4 aromatic rings. The van der Waals surface area contributed by atoms with Crippen molar-refractivity contribution in [2.45, 2.75) is 54.4 Å². The molecule has 4 heterocycles. The number of nitrogen functional groups attached to an aromatic ring is 4. The van der Waals surface area contributed by atoms with Gasteiger partial charge in [-0.1, -0.05) is 79.0 Å². The standard InChI is InChI=1S/C15H26N2.C9H10N2.C5H4Br2N2.C5H6N2/c1-14(2,3)8-11-7-12(9-15(4,5)6)13(16)17-10-11;1-3-7-5-8(4-2)9(10)11-6-7;6-3-1-4(7)5(8)9-2-3;6-5-3-1-2-4-7-5/h7,10H,8-9H2,1-6H3,(H2,16,17);3-6H,1-2H2,(H2,10,11);1-2H,(H2,8,9);1-4H,(H2,6,7). The van der Waals surface area contributed by atoms with Crippen molar-refractivity contribution in [3.8, 4) is 0 Å². The molecule has 0 spiro atoms. The van der Waals surface area contributed by atoms with Gasteiger partial charge in [0.05, 0.1) is 4.47 Å². The van der Waals surface area contributed by atoms with Gasteiger partial charge in [0.1, 0.15) is 23.3 Å². The lowest BCUT2D eigenvalue weighted by Gasteiger charge is -2.21. The Hall–Kier alpha value is -3.76. The number of halogens is 2. The van der Waals surface area contributed by atoms with Gasteiger partial charge in [0, 0.05) is 34.8 Å². The Morgan fingerprint density at radius 2 is 1.32 bits per heavy atom. The fraction of sp³-hybridized carbons (Fsp3) is 0.294. The maximum Gasteiger partial charge on any atom is 0.137 e. The first-order valence-electron chi connectivity index (χ1n) is 13.9. The fourth-order valence-electron chi connectivity index (χ4n) is 3.58. The number of nitrogens with zero attached hydrogens (tertiary/aromatic N) is 4. The third-order valence-corrected chi connectivity index (χ3v) is 6.53. The Morgan fingerprint density at radius 3 is 1.77 bits per heavy atom. The van der Waals surface area contributed by atoms with Crippen molar-refractivity contribution < 1.29 is 0 Å². The Balaban J connectivity index is 0.000000310. The van der Waals surface area contributed by atoms with Crippen LogP contribution in [0.25, 0.3) is 12.2 Å². The topological polar surface area (TPSA) is 156 Å². The van der Waals surface area contributed by atoms with E-state index in [9.17, 15) is 0 Å². The van der Waals surface area contributed by atoms with Gasteiger partial charge in [-0.25, -0.2) is 19.9 Å². The Kier molecular flexibility index (Phi) is 15.8. The summed E-state index contributed by atoms with van der Waals surface area (Å²) in [4.78, 5) is 15.9. The van der Waals surface area contributed by atoms with Gasteiger partial charge in [-0.2, -0.15) is 0 Å². The summed E-state index contributed by atoms with van der Waals surface area (Å²) in [7, 11) is 0. The van der Waals surface area contributed by atoms with Gasteiger partial charge in [0.25, 0.3) is 0 Å². The average molecular weight is 727 g/mol. The van der Waals surface area contributed by atoms with Gasteiger partial charge < -0.3 is 22.9 Å². The first-order chi connectivity index (χ1) is 20.4. The molecule has 10 heteroatoms. The highest BCUT2D eigenvalue weighted by atomic mass is 79.9. The monoisotopic (exact) mass is 724 g/mol. The summed E-state index contributed by atoms with van der Waals surface area (Å²) in [5.74, 6) is 2.27. The van der Waals surface area contributed by atoms with Crippen LogP contribution in [-0.4, -0.2) is 19.9 Å². The van der Waals surface area contributed by atoms with Crippen molar-refractivity contribution in [1.29, 1.82) is 0 Å². The first-order valence-corrected chi connectivity index (χ1v) is 15.5. The predicted molar refractivity (Wildman–Crippen MR) is 196 cm³/mol. The molecule has 0 amide bonds. The van der Waals surface area contributed by atoms with Gasteiger partial charge in [-0.3, -0.25) is 0 Å². The highest BCUT2D eigenvalue weighted by Crippen LogP contribution is 2.26. The highest BCUT2D eigenvalue weighted by molar-refractivity contribution is 9.11. The van der Waals surface area contributed by atoms with E-state index in [1.165, 1.54) is 11.1 Å². The van der Waals surface area contributed by atoms with E-state index in [0.29, 0.717) is 23.3 Å². The van der Waals surface area contributed by atoms with Crippen LogP contribution in [0.5, 0.6) is 0 Å². The molecule has 4 rings (SSSR count). The van der Waals surface area contributed by atoms with Crippen LogP contribution in [0.4, 0.5) is 23.3 Å². The highest BCUT2D eigenvalue weighted by Gasteiger charge is 2.16. The molecule has 44 heavy (non-hydrogen) atoms. The minimum atomic E-state index is 0.246. The molecule has 0 aliphatic carbocycles. The van der Waals surface area contributed by atoms with E-state index in [0.717, 1.165) is 32.9 Å². The van der Waals surface area contributed by atoms with Crippen molar-refractivity contribution >= 4 is 67.3 Å². The molecule has 0 fully saturated rings. The van der Waals surface area contributed by atoms with Crippen molar-refractivity contribution in [2.24, 2.45) is 10.8 Å². The molecular formula is C34H46Br2N8. The molecule has 4 aromatic heterocycles. The van der Waals surface area contributed by atoms with Gasteiger partial charge in [0.15, 0.2) is 0 Å².